The highest BCUT2D eigenvalue weighted by Gasteiger charge is 2.14. The lowest BCUT2D eigenvalue weighted by Crippen LogP contribution is -2.03. The van der Waals surface area contributed by atoms with Gasteiger partial charge in [0.05, 0.1) is 12.1 Å². The summed E-state index contributed by atoms with van der Waals surface area (Å²) in [6, 6.07) is 13.2. The van der Waals surface area contributed by atoms with Crippen LogP contribution >= 0.6 is 0 Å². The molecule has 2 aromatic heterocycles. The van der Waals surface area contributed by atoms with Crippen molar-refractivity contribution in [3.63, 3.8) is 0 Å². The van der Waals surface area contributed by atoms with Gasteiger partial charge in [-0.1, -0.05) is 18.2 Å². The summed E-state index contributed by atoms with van der Waals surface area (Å²) in [5.41, 5.74) is 1.82. The van der Waals surface area contributed by atoms with E-state index in [9.17, 15) is 9.59 Å². The average molecular weight is 267 g/mol. The molecule has 0 atom stereocenters. The maximum absolute atomic E-state index is 11.7. The van der Waals surface area contributed by atoms with Crippen LogP contribution in [-0.2, 0) is 4.79 Å². The number of hydrogen-bond donors (Lipinski definition) is 1. The molecular formula is C16H13NO3. The molecule has 0 bridgehead atoms. The molecule has 0 aliphatic carbocycles. The van der Waals surface area contributed by atoms with Gasteiger partial charge in [0, 0.05) is 10.9 Å². The second kappa shape index (κ2) is 4.81. The second-order valence-corrected chi connectivity index (χ2v) is 4.74. The molecule has 4 nitrogen and oxygen atoms in total. The lowest BCUT2D eigenvalue weighted by molar-refractivity contribution is -0.116. The van der Waals surface area contributed by atoms with Crippen molar-refractivity contribution in [3.8, 4) is 11.5 Å². The molecule has 0 fully saturated rings. The predicted octanol–water partition coefficient (Wildman–Crippen LogP) is 3.59. The monoisotopic (exact) mass is 267 g/mol. The summed E-state index contributed by atoms with van der Waals surface area (Å²) in [5, 5.41) is 1.08. The molecule has 1 N–H and O–H groups in total. The molecule has 0 aliphatic heterocycles. The molecule has 100 valence electrons. The summed E-state index contributed by atoms with van der Waals surface area (Å²) in [6.45, 7) is 1.39. The van der Waals surface area contributed by atoms with Gasteiger partial charge in [0.1, 0.15) is 5.78 Å². The Balaban J connectivity index is 1.93. The molecule has 0 unspecified atom stereocenters. The molecule has 0 amide bonds. The minimum atomic E-state index is -0.292. The van der Waals surface area contributed by atoms with Gasteiger partial charge in [-0.2, -0.15) is 0 Å². The number of carbonyl (C=O) groups is 2. The van der Waals surface area contributed by atoms with E-state index in [0.717, 1.165) is 16.6 Å². The van der Waals surface area contributed by atoms with Crippen molar-refractivity contribution in [3.05, 3.63) is 48.2 Å². The number of H-pyrrole nitrogens is 1. The van der Waals surface area contributed by atoms with Crippen molar-refractivity contribution in [2.45, 2.75) is 13.3 Å². The fraction of sp³-hybridized carbons (Fsp3) is 0.125. The van der Waals surface area contributed by atoms with Crippen LogP contribution in [0.4, 0.5) is 0 Å². The number of Topliss-reactive ketones (excluding diaryl/α,β-unsaturated/α-hetero) is 2. The van der Waals surface area contributed by atoms with E-state index in [2.05, 4.69) is 4.98 Å². The van der Waals surface area contributed by atoms with Gasteiger partial charge in [-0.3, -0.25) is 9.59 Å². The maximum Gasteiger partial charge on any atom is 0.205 e. The zero-order chi connectivity index (χ0) is 14.1. The third-order valence-electron chi connectivity index (χ3n) is 3.09. The number of fused-ring (bicyclic) bond motifs is 1. The molecule has 20 heavy (non-hydrogen) atoms. The molecule has 0 saturated heterocycles. The highest BCUT2D eigenvalue weighted by atomic mass is 16.3. The molecule has 0 spiro atoms. The Morgan fingerprint density at radius 1 is 1.15 bits per heavy atom. The Morgan fingerprint density at radius 3 is 2.70 bits per heavy atom. The van der Waals surface area contributed by atoms with E-state index in [-0.39, 0.29) is 23.7 Å². The third-order valence-corrected chi connectivity index (χ3v) is 3.09. The van der Waals surface area contributed by atoms with Gasteiger partial charge in [-0.25, -0.2) is 0 Å². The Kier molecular flexibility index (Phi) is 2.99. The number of benzene rings is 1. The SMILES string of the molecule is CC(=O)CC(=O)c1ccc(-c2cc3ccccc3[nH]2)o1. The summed E-state index contributed by atoms with van der Waals surface area (Å²) >= 11 is 0. The minimum absolute atomic E-state index is 0.125. The summed E-state index contributed by atoms with van der Waals surface area (Å²) in [5.74, 6) is 0.348. The standard InChI is InChI=1S/C16H13NO3/c1-10(18)8-14(19)16-7-6-15(20-16)13-9-11-4-2-3-5-12(11)17-13/h2-7,9,17H,8H2,1H3. The van der Waals surface area contributed by atoms with Crippen molar-refractivity contribution in [2.24, 2.45) is 0 Å². The van der Waals surface area contributed by atoms with E-state index in [4.69, 9.17) is 4.42 Å². The first-order valence-corrected chi connectivity index (χ1v) is 6.34. The van der Waals surface area contributed by atoms with E-state index in [1.165, 1.54) is 6.92 Å². The van der Waals surface area contributed by atoms with Crippen LogP contribution in [0.5, 0.6) is 0 Å². The molecule has 0 saturated carbocycles. The maximum atomic E-state index is 11.7. The Hall–Kier alpha value is -2.62. The Labute approximate surface area is 115 Å². The smallest absolute Gasteiger partial charge is 0.205 e. The largest absolute Gasteiger partial charge is 0.451 e. The zero-order valence-corrected chi connectivity index (χ0v) is 11.0. The number of furan rings is 1. The van der Waals surface area contributed by atoms with Crippen LogP contribution in [0.1, 0.15) is 23.9 Å². The summed E-state index contributed by atoms with van der Waals surface area (Å²) < 4.78 is 5.53. The fourth-order valence-corrected chi connectivity index (χ4v) is 2.15. The van der Waals surface area contributed by atoms with Crippen molar-refractivity contribution < 1.29 is 14.0 Å². The number of aromatic amines is 1. The average Bonchev–Trinajstić information content (AvgIpc) is 3.04. The summed E-state index contributed by atoms with van der Waals surface area (Å²) in [6.07, 6.45) is -0.125. The van der Waals surface area contributed by atoms with Crippen LogP contribution < -0.4 is 0 Å². The minimum Gasteiger partial charge on any atom is -0.451 e. The molecule has 0 radical (unpaired) electrons. The van der Waals surface area contributed by atoms with E-state index < -0.39 is 0 Å². The Morgan fingerprint density at radius 2 is 1.95 bits per heavy atom. The number of aromatic nitrogens is 1. The van der Waals surface area contributed by atoms with Gasteiger partial charge in [0.15, 0.2) is 11.5 Å². The van der Waals surface area contributed by atoms with Crippen molar-refractivity contribution in [1.29, 1.82) is 0 Å². The van der Waals surface area contributed by atoms with Gasteiger partial charge in [0.2, 0.25) is 5.78 Å². The molecule has 3 aromatic rings. The number of hydrogen-bond acceptors (Lipinski definition) is 3. The first-order valence-electron chi connectivity index (χ1n) is 6.34. The molecule has 0 aliphatic rings. The van der Waals surface area contributed by atoms with Crippen LogP contribution in [0.15, 0.2) is 46.9 Å². The lowest BCUT2D eigenvalue weighted by Gasteiger charge is -1.94. The summed E-state index contributed by atoms with van der Waals surface area (Å²) in [7, 11) is 0. The van der Waals surface area contributed by atoms with Crippen molar-refractivity contribution in [1.82, 2.24) is 4.98 Å². The van der Waals surface area contributed by atoms with Crippen LogP contribution in [0.25, 0.3) is 22.4 Å². The molecule has 2 heterocycles. The van der Waals surface area contributed by atoms with Crippen LogP contribution in [0.2, 0.25) is 0 Å². The molecular weight excluding hydrogens is 254 g/mol. The molecule has 4 heteroatoms. The number of ketones is 2. The van der Waals surface area contributed by atoms with Crippen LogP contribution in [0, 0.1) is 0 Å². The second-order valence-electron chi connectivity index (χ2n) is 4.74. The van der Waals surface area contributed by atoms with E-state index in [0.29, 0.717) is 5.76 Å². The van der Waals surface area contributed by atoms with Gasteiger partial charge in [-0.15, -0.1) is 0 Å². The predicted molar refractivity (Wildman–Crippen MR) is 75.6 cm³/mol. The topological polar surface area (TPSA) is 63.1 Å². The number of nitrogens with one attached hydrogen (secondary N) is 1. The quantitative estimate of drug-likeness (QED) is 0.580. The highest BCUT2D eigenvalue weighted by Crippen LogP contribution is 2.26. The first kappa shape index (κ1) is 12.4. The normalized spacial score (nSPS) is 10.8. The number of para-hydroxylation sites is 1. The van der Waals surface area contributed by atoms with Gasteiger partial charge < -0.3 is 9.40 Å². The van der Waals surface area contributed by atoms with Crippen molar-refractivity contribution in [2.75, 3.05) is 0 Å². The van der Waals surface area contributed by atoms with Gasteiger partial charge in [0.25, 0.3) is 0 Å². The lowest BCUT2D eigenvalue weighted by atomic mass is 10.2. The van der Waals surface area contributed by atoms with E-state index >= 15 is 0 Å². The molecule has 3 rings (SSSR count). The first-order chi connectivity index (χ1) is 9.63. The van der Waals surface area contributed by atoms with Crippen LogP contribution in [0.3, 0.4) is 0 Å². The highest BCUT2D eigenvalue weighted by molar-refractivity contribution is 6.06. The third kappa shape index (κ3) is 2.28. The number of rotatable bonds is 4. The van der Waals surface area contributed by atoms with Crippen molar-refractivity contribution >= 4 is 22.5 Å². The van der Waals surface area contributed by atoms with Gasteiger partial charge in [-0.05, 0) is 31.2 Å². The van der Waals surface area contributed by atoms with E-state index in [1.54, 1.807) is 12.1 Å². The fourth-order valence-electron chi connectivity index (χ4n) is 2.15. The molecule has 1 aromatic carbocycles. The number of carbonyl (C=O) groups excluding carboxylic acids is 2. The van der Waals surface area contributed by atoms with Crippen LogP contribution in [-0.4, -0.2) is 16.6 Å². The zero-order valence-electron chi connectivity index (χ0n) is 11.0. The summed E-state index contributed by atoms with van der Waals surface area (Å²) in [4.78, 5) is 25.9. The van der Waals surface area contributed by atoms with E-state index in [1.807, 2.05) is 30.3 Å². The van der Waals surface area contributed by atoms with Gasteiger partial charge >= 0.3 is 0 Å². The Bertz CT molecular complexity index is 762.